The number of hydrogen-bond donors (Lipinski definition) is 0. The summed E-state index contributed by atoms with van der Waals surface area (Å²) in [7, 11) is 0. The maximum atomic E-state index is 13.8. The van der Waals surface area contributed by atoms with Crippen LogP contribution in [0.4, 0.5) is 0 Å². The Balaban J connectivity index is 1.80. The lowest BCUT2D eigenvalue weighted by atomic mass is 9.78. The predicted molar refractivity (Wildman–Crippen MR) is 103 cm³/mol. The molecule has 7 heteroatoms. The van der Waals surface area contributed by atoms with Crippen LogP contribution in [0.25, 0.3) is 11.0 Å². The van der Waals surface area contributed by atoms with E-state index >= 15 is 0 Å². The fourth-order valence-electron chi connectivity index (χ4n) is 4.00. The standard InChI is InChI=1S/C21H25NO6/c1-3-25-12-21(11-22-6-8-26-9-7-22)13-27-16-5-4-15-14(2)10-17(23)28-19(15)18(16)20(21)24/h4-5,10H,3,6-9,11-13H2,1-2H3. The minimum Gasteiger partial charge on any atom is -0.491 e. The van der Waals surface area contributed by atoms with Gasteiger partial charge in [-0.1, -0.05) is 0 Å². The van der Waals surface area contributed by atoms with E-state index in [4.69, 9.17) is 18.6 Å². The number of hydrogen-bond acceptors (Lipinski definition) is 7. The number of aryl methyl sites for hydroxylation is 1. The van der Waals surface area contributed by atoms with Crippen molar-refractivity contribution in [3.05, 3.63) is 39.7 Å². The fraction of sp³-hybridized carbons (Fsp3) is 0.524. The third kappa shape index (κ3) is 3.34. The lowest BCUT2D eigenvalue weighted by Gasteiger charge is -2.40. The van der Waals surface area contributed by atoms with E-state index < -0.39 is 11.0 Å². The molecule has 0 amide bonds. The second kappa shape index (κ2) is 7.66. The van der Waals surface area contributed by atoms with Crippen LogP contribution in [-0.2, 0) is 9.47 Å². The number of fused-ring (bicyclic) bond motifs is 3. The van der Waals surface area contributed by atoms with E-state index in [1.54, 1.807) is 6.07 Å². The van der Waals surface area contributed by atoms with Gasteiger partial charge in [-0.15, -0.1) is 0 Å². The van der Waals surface area contributed by atoms with E-state index in [-0.39, 0.29) is 19.0 Å². The molecule has 2 aliphatic heterocycles. The van der Waals surface area contributed by atoms with Crippen LogP contribution in [0.2, 0.25) is 0 Å². The molecule has 0 bridgehead atoms. The third-order valence-corrected chi connectivity index (χ3v) is 5.51. The Morgan fingerprint density at radius 2 is 2.00 bits per heavy atom. The first kappa shape index (κ1) is 19.1. The maximum absolute atomic E-state index is 13.8. The molecule has 3 heterocycles. The van der Waals surface area contributed by atoms with Gasteiger partial charge >= 0.3 is 5.63 Å². The summed E-state index contributed by atoms with van der Waals surface area (Å²) in [4.78, 5) is 28.0. The zero-order valence-corrected chi connectivity index (χ0v) is 16.3. The van der Waals surface area contributed by atoms with Crippen molar-refractivity contribution in [2.45, 2.75) is 13.8 Å². The molecule has 1 aromatic carbocycles. The highest BCUT2D eigenvalue weighted by atomic mass is 16.5. The Labute approximate surface area is 163 Å². The minimum absolute atomic E-state index is 0.0898. The van der Waals surface area contributed by atoms with E-state index in [1.165, 1.54) is 6.07 Å². The summed E-state index contributed by atoms with van der Waals surface area (Å²) in [5, 5.41) is 0.744. The summed E-state index contributed by atoms with van der Waals surface area (Å²) in [5.41, 5.74) is 0.0978. The van der Waals surface area contributed by atoms with Crippen LogP contribution in [0.15, 0.2) is 27.4 Å². The summed E-state index contributed by atoms with van der Waals surface area (Å²) in [6.45, 7) is 8.07. The summed E-state index contributed by atoms with van der Waals surface area (Å²) in [5.74, 6) is 0.369. The molecule has 1 atom stereocenters. The molecule has 7 nitrogen and oxygen atoms in total. The van der Waals surface area contributed by atoms with Crippen LogP contribution in [-0.4, -0.2) is 63.4 Å². The lowest BCUT2D eigenvalue weighted by Crippen LogP contribution is -2.54. The summed E-state index contributed by atoms with van der Waals surface area (Å²) in [6.07, 6.45) is 0. The first-order chi connectivity index (χ1) is 13.5. The fourth-order valence-corrected chi connectivity index (χ4v) is 4.00. The van der Waals surface area contributed by atoms with E-state index in [0.717, 1.165) is 24.0 Å². The van der Waals surface area contributed by atoms with Gasteiger partial charge in [-0.3, -0.25) is 9.69 Å². The molecule has 1 aromatic heterocycles. The molecule has 150 valence electrons. The number of ether oxygens (including phenoxy) is 3. The number of rotatable bonds is 5. The number of carbonyl (C=O) groups is 1. The summed E-state index contributed by atoms with van der Waals surface area (Å²) < 4.78 is 22.6. The Kier molecular flexibility index (Phi) is 5.23. The van der Waals surface area contributed by atoms with Gasteiger partial charge in [0.05, 0.1) is 19.8 Å². The molecule has 1 unspecified atom stereocenters. The molecule has 0 radical (unpaired) electrons. The highest BCUT2D eigenvalue weighted by Crippen LogP contribution is 2.40. The van der Waals surface area contributed by atoms with Crippen molar-refractivity contribution in [1.82, 2.24) is 4.90 Å². The molecule has 1 fully saturated rings. The van der Waals surface area contributed by atoms with E-state index in [9.17, 15) is 9.59 Å². The zero-order valence-electron chi connectivity index (χ0n) is 16.3. The molecule has 1 saturated heterocycles. The number of Topliss-reactive ketones (excluding diaryl/α,β-unsaturated/α-hetero) is 1. The van der Waals surface area contributed by atoms with E-state index in [2.05, 4.69) is 4.90 Å². The molecule has 0 spiro atoms. The van der Waals surface area contributed by atoms with Crippen LogP contribution in [0.3, 0.4) is 0 Å². The normalized spacial score (nSPS) is 22.9. The van der Waals surface area contributed by atoms with Crippen molar-refractivity contribution in [2.75, 3.05) is 52.7 Å². The van der Waals surface area contributed by atoms with Crippen molar-refractivity contribution >= 4 is 16.8 Å². The Bertz CT molecular complexity index is 946. The van der Waals surface area contributed by atoms with E-state index in [0.29, 0.717) is 43.3 Å². The lowest BCUT2D eigenvalue weighted by molar-refractivity contribution is -0.0252. The number of carbonyl (C=O) groups excluding carboxylic acids is 1. The number of benzene rings is 1. The van der Waals surface area contributed by atoms with Crippen molar-refractivity contribution in [1.29, 1.82) is 0 Å². The molecule has 2 aromatic rings. The molecular weight excluding hydrogens is 362 g/mol. The number of nitrogens with zero attached hydrogens (tertiary/aromatic N) is 1. The Hall–Kier alpha value is -2.22. The summed E-state index contributed by atoms with van der Waals surface area (Å²) in [6, 6.07) is 5.04. The summed E-state index contributed by atoms with van der Waals surface area (Å²) >= 11 is 0. The largest absolute Gasteiger partial charge is 0.491 e. The van der Waals surface area contributed by atoms with Gasteiger partial charge in [-0.05, 0) is 31.5 Å². The average Bonchev–Trinajstić information content (AvgIpc) is 2.69. The first-order valence-corrected chi connectivity index (χ1v) is 9.67. The average molecular weight is 387 g/mol. The SMILES string of the molecule is CCOCC1(CN2CCOCC2)COc2ccc3c(C)cc(=O)oc3c2C1=O. The van der Waals surface area contributed by atoms with Crippen molar-refractivity contribution < 1.29 is 23.4 Å². The van der Waals surface area contributed by atoms with Gasteiger partial charge in [0.15, 0.2) is 11.4 Å². The highest BCUT2D eigenvalue weighted by molar-refractivity contribution is 6.12. The maximum Gasteiger partial charge on any atom is 0.336 e. The molecule has 0 saturated carbocycles. The molecule has 4 rings (SSSR count). The molecule has 0 N–H and O–H groups in total. The predicted octanol–water partition coefficient (Wildman–Crippen LogP) is 2.03. The van der Waals surface area contributed by atoms with Gasteiger partial charge in [0.1, 0.15) is 23.3 Å². The van der Waals surface area contributed by atoms with Crippen LogP contribution in [0, 0.1) is 12.3 Å². The first-order valence-electron chi connectivity index (χ1n) is 9.67. The molecule has 28 heavy (non-hydrogen) atoms. The van der Waals surface area contributed by atoms with Crippen molar-refractivity contribution in [3.63, 3.8) is 0 Å². The zero-order chi connectivity index (χ0) is 19.7. The third-order valence-electron chi connectivity index (χ3n) is 5.51. The second-order valence-electron chi connectivity index (χ2n) is 7.49. The van der Waals surface area contributed by atoms with Gasteiger partial charge in [-0.25, -0.2) is 4.79 Å². The minimum atomic E-state index is -0.850. The number of ketones is 1. The van der Waals surface area contributed by atoms with Crippen molar-refractivity contribution in [3.8, 4) is 5.75 Å². The smallest absolute Gasteiger partial charge is 0.336 e. The van der Waals surface area contributed by atoms with E-state index in [1.807, 2.05) is 19.9 Å². The van der Waals surface area contributed by atoms with Crippen LogP contribution < -0.4 is 10.4 Å². The topological polar surface area (TPSA) is 78.2 Å². The van der Waals surface area contributed by atoms with Gasteiger partial charge < -0.3 is 18.6 Å². The molecule has 2 aliphatic rings. The monoisotopic (exact) mass is 387 g/mol. The van der Waals surface area contributed by atoms with Crippen LogP contribution in [0.1, 0.15) is 22.8 Å². The highest BCUT2D eigenvalue weighted by Gasteiger charge is 2.47. The van der Waals surface area contributed by atoms with Crippen LogP contribution in [0.5, 0.6) is 5.75 Å². The quantitative estimate of drug-likeness (QED) is 0.727. The Morgan fingerprint density at radius 1 is 1.21 bits per heavy atom. The van der Waals surface area contributed by atoms with Gasteiger partial charge in [0, 0.05) is 37.7 Å². The molecule has 0 aliphatic carbocycles. The van der Waals surface area contributed by atoms with Gasteiger partial charge in [-0.2, -0.15) is 0 Å². The van der Waals surface area contributed by atoms with Crippen LogP contribution >= 0.6 is 0 Å². The Morgan fingerprint density at radius 3 is 2.75 bits per heavy atom. The molecular formula is C21H25NO6. The van der Waals surface area contributed by atoms with Gasteiger partial charge in [0.25, 0.3) is 0 Å². The number of morpholine rings is 1. The van der Waals surface area contributed by atoms with Crippen molar-refractivity contribution in [2.24, 2.45) is 5.41 Å². The second-order valence-corrected chi connectivity index (χ2v) is 7.49. The van der Waals surface area contributed by atoms with Gasteiger partial charge in [0.2, 0.25) is 0 Å².